The van der Waals surface area contributed by atoms with Crippen molar-refractivity contribution in [2.24, 2.45) is 0 Å². The number of carboxylic acid groups (broad SMARTS) is 1. The topological polar surface area (TPSA) is 109 Å². The van der Waals surface area contributed by atoms with Gasteiger partial charge < -0.3 is 25.2 Å². The van der Waals surface area contributed by atoms with Crippen molar-refractivity contribution in [2.45, 2.75) is 4.90 Å². The van der Waals surface area contributed by atoms with Crippen LogP contribution in [-0.4, -0.2) is 30.6 Å². The average molecular weight is 505 g/mol. The minimum Gasteiger partial charge on any atom is -0.495 e. The predicted octanol–water partition coefficient (Wildman–Crippen LogP) is 7.05. The molecule has 0 unspecified atom stereocenters. The Bertz CT molecular complexity index is 1380. The molecule has 0 aliphatic carbocycles. The van der Waals surface area contributed by atoms with Gasteiger partial charge in [0.25, 0.3) is 0 Å². The molecule has 4 N–H and O–H groups in total. The van der Waals surface area contributed by atoms with Gasteiger partial charge in [-0.2, -0.15) is 4.33 Å². The highest BCUT2D eigenvalue weighted by Gasteiger charge is 2.14. The van der Waals surface area contributed by atoms with Crippen LogP contribution in [0.5, 0.6) is 11.5 Å². The summed E-state index contributed by atoms with van der Waals surface area (Å²) < 4.78 is 15.4. The summed E-state index contributed by atoms with van der Waals surface area (Å²) in [5.41, 5.74) is 4.55. The molecule has 0 aliphatic heterocycles. The number of carboxylic acids is 1. The number of para-hydroxylation sites is 2. The minimum atomic E-state index is -1.01. The monoisotopic (exact) mass is 504 g/mol. The van der Waals surface area contributed by atoms with Crippen LogP contribution in [0.1, 0.15) is 10.4 Å². The van der Waals surface area contributed by atoms with E-state index in [0.29, 0.717) is 27.8 Å². The second kappa shape index (κ2) is 11.5. The minimum absolute atomic E-state index is 0.168. The molecule has 0 amide bonds. The lowest BCUT2D eigenvalue weighted by Gasteiger charge is -2.16. The Morgan fingerprint density at radius 1 is 0.722 bits per heavy atom. The van der Waals surface area contributed by atoms with Crippen LogP contribution in [0.3, 0.4) is 0 Å². The highest BCUT2D eigenvalue weighted by molar-refractivity contribution is 7.94. The fraction of sp³-hybridized carbons (Fsp3) is 0.0741. The normalized spacial score (nSPS) is 10.5. The molecule has 0 radical (unpaired) electrons. The largest absolute Gasteiger partial charge is 0.495 e. The van der Waals surface area contributed by atoms with E-state index in [2.05, 4.69) is 15.0 Å². The van der Waals surface area contributed by atoms with E-state index in [1.54, 1.807) is 38.5 Å². The number of carbonyl (C=O) groups is 1. The number of benzene rings is 4. The molecule has 0 atom stereocenters. The van der Waals surface area contributed by atoms with Crippen LogP contribution >= 0.6 is 12.0 Å². The van der Waals surface area contributed by atoms with Crippen molar-refractivity contribution < 1.29 is 29.0 Å². The zero-order valence-corrected chi connectivity index (χ0v) is 20.3. The highest BCUT2D eigenvalue weighted by Crippen LogP contribution is 2.38. The zero-order valence-electron chi connectivity index (χ0n) is 19.5. The maximum Gasteiger partial charge on any atom is 0.337 e. The van der Waals surface area contributed by atoms with E-state index in [-0.39, 0.29) is 5.56 Å². The van der Waals surface area contributed by atoms with Gasteiger partial charge in [-0.15, -0.1) is 0 Å². The second-order valence-corrected chi connectivity index (χ2v) is 8.34. The van der Waals surface area contributed by atoms with E-state index in [9.17, 15) is 9.90 Å². The molecule has 9 heteroatoms. The third-order valence-corrected chi connectivity index (χ3v) is 6.06. The third-order valence-electron chi connectivity index (χ3n) is 5.45. The fourth-order valence-electron chi connectivity index (χ4n) is 3.70. The SMILES string of the molecule is COc1cc(-c2ccc(Nc3ccccc3C(=O)O)c(OC)c2)ccc1Nc1ccccc1SOO. The number of methoxy groups -OCH3 is 2. The standard InChI is InChI=1S/C27H24N2O6S/c1-33-24-15-17(11-13-21(24)28-20-8-4-3-7-19(20)27(30)31)18-12-14-22(25(16-18)34-2)29-23-9-5-6-10-26(23)36-35-32/h3-16,28-29,32H,1-2H3,(H,30,31). The fourth-order valence-corrected chi connectivity index (χ4v) is 4.12. The van der Waals surface area contributed by atoms with Crippen molar-refractivity contribution in [3.05, 3.63) is 90.5 Å². The number of rotatable bonds is 10. The zero-order chi connectivity index (χ0) is 25.5. The van der Waals surface area contributed by atoms with Gasteiger partial charge in [0.05, 0.1) is 59.5 Å². The van der Waals surface area contributed by atoms with Crippen molar-refractivity contribution >= 4 is 40.8 Å². The van der Waals surface area contributed by atoms with E-state index >= 15 is 0 Å². The van der Waals surface area contributed by atoms with Crippen LogP contribution in [0.25, 0.3) is 11.1 Å². The first-order valence-electron chi connectivity index (χ1n) is 10.8. The molecule has 36 heavy (non-hydrogen) atoms. The van der Waals surface area contributed by atoms with E-state index < -0.39 is 5.97 Å². The second-order valence-electron chi connectivity index (χ2n) is 7.58. The first-order valence-corrected chi connectivity index (χ1v) is 11.6. The van der Waals surface area contributed by atoms with Crippen LogP contribution in [0.15, 0.2) is 89.8 Å². The molecule has 4 rings (SSSR count). The van der Waals surface area contributed by atoms with Gasteiger partial charge in [-0.3, -0.25) is 0 Å². The molecule has 0 saturated heterocycles. The Labute approximate surface area is 212 Å². The average Bonchev–Trinajstić information content (AvgIpc) is 2.90. The van der Waals surface area contributed by atoms with Crippen molar-refractivity contribution in [2.75, 3.05) is 24.9 Å². The summed E-state index contributed by atoms with van der Waals surface area (Å²) in [7, 11) is 3.15. The van der Waals surface area contributed by atoms with Gasteiger partial charge in [0.1, 0.15) is 11.5 Å². The van der Waals surface area contributed by atoms with Crippen LogP contribution in [0.2, 0.25) is 0 Å². The Morgan fingerprint density at radius 3 is 1.81 bits per heavy atom. The molecule has 0 fully saturated rings. The molecule has 0 aromatic heterocycles. The van der Waals surface area contributed by atoms with Crippen molar-refractivity contribution in [3.63, 3.8) is 0 Å². The van der Waals surface area contributed by atoms with E-state index in [4.69, 9.17) is 14.7 Å². The summed E-state index contributed by atoms with van der Waals surface area (Å²) in [6.45, 7) is 0. The Balaban J connectivity index is 1.62. The maximum absolute atomic E-state index is 11.6. The van der Waals surface area contributed by atoms with E-state index in [1.165, 1.54) is 0 Å². The van der Waals surface area contributed by atoms with Gasteiger partial charge in [-0.05, 0) is 59.7 Å². The van der Waals surface area contributed by atoms with E-state index in [1.807, 2.05) is 60.7 Å². The Morgan fingerprint density at radius 2 is 1.25 bits per heavy atom. The summed E-state index contributed by atoms with van der Waals surface area (Å²) in [6, 6.07) is 25.5. The lowest BCUT2D eigenvalue weighted by atomic mass is 10.0. The summed E-state index contributed by atoms with van der Waals surface area (Å²) in [5, 5.41) is 24.8. The highest BCUT2D eigenvalue weighted by atomic mass is 32.2. The smallest absolute Gasteiger partial charge is 0.337 e. The first kappa shape index (κ1) is 24.9. The van der Waals surface area contributed by atoms with Crippen molar-refractivity contribution in [3.8, 4) is 22.6 Å². The molecule has 184 valence electrons. The Hall–Kier alpha value is -4.18. The van der Waals surface area contributed by atoms with Gasteiger partial charge >= 0.3 is 5.97 Å². The number of ether oxygens (including phenoxy) is 2. The number of nitrogens with one attached hydrogen (secondary N) is 2. The molecular weight excluding hydrogens is 480 g/mol. The van der Waals surface area contributed by atoms with Crippen LogP contribution in [0.4, 0.5) is 22.7 Å². The number of hydrogen-bond donors (Lipinski definition) is 4. The molecule has 8 nitrogen and oxygen atoms in total. The lowest BCUT2D eigenvalue weighted by molar-refractivity contribution is -0.116. The van der Waals surface area contributed by atoms with E-state index in [0.717, 1.165) is 34.5 Å². The molecule has 4 aromatic rings. The van der Waals surface area contributed by atoms with Crippen LogP contribution < -0.4 is 20.1 Å². The summed E-state index contributed by atoms with van der Waals surface area (Å²) in [6.07, 6.45) is 0. The van der Waals surface area contributed by atoms with Gasteiger partial charge in [-0.1, -0.05) is 36.4 Å². The Kier molecular flexibility index (Phi) is 7.96. The lowest BCUT2D eigenvalue weighted by Crippen LogP contribution is -2.03. The van der Waals surface area contributed by atoms with Crippen LogP contribution in [0, 0.1) is 0 Å². The first-order chi connectivity index (χ1) is 17.5. The molecule has 0 spiro atoms. The summed E-state index contributed by atoms with van der Waals surface area (Å²) >= 11 is 0.843. The molecule has 0 heterocycles. The maximum atomic E-state index is 11.6. The molecule has 4 aromatic carbocycles. The summed E-state index contributed by atoms with van der Waals surface area (Å²) in [5.74, 6) is 0.164. The van der Waals surface area contributed by atoms with Gasteiger partial charge in [0, 0.05) is 0 Å². The van der Waals surface area contributed by atoms with Crippen LogP contribution in [-0.2, 0) is 4.33 Å². The molecule has 0 aliphatic rings. The molecule has 0 bridgehead atoms. The quantitative estimate of drug-likeness (QED) is 0.103. The third kappa shape index (κ3) is 5.55. The molecule has 0 saturated carbocycles. The number of aromatic carboxylic acids is 1. The number of hydrogen-bond acceptors (Lipinski definition) is 8. The van der Waals surface area contributed by atoms with Crippen molar-refractivity contribution in [1.82, 2.24) is 0 Å². The number of anilines is 4. The van der Waals surface area contributed by atoms with Gasteiger partial charge in [0.15, 0.2) is 0 Å². The summed E-state index contributed by atoms with van der Waals surface area (Å²) in [4.78, 5) is 12.3. The van der Waals surface area contributed by atoms with Gasteiger partial charge in [0.2, 0.25) is 0 Å². The van der Waals surface area contributed by atoms with Gasteiger partial charge in [-0.25, -0.2) is 10.1 Å². The van der Waals surface area contributed by atoms with Crippen molar-refractivity contribution in [1.29, 1.82) is 0 Å². The molecular formula is C27H24N2O6S. The predicted molar refractivity (Wildman–Crippen MR) is 141 cm³/mol.